The molecular weight excluding hydrogens is 231 g/mol. The average molecular weight is 246 g/mol. The van der Waals surface area contributed by atoms with Crippen molar-refractivity contribution in [1.29, 1.82) is 0 Å². The minimum Gasteiger partial charge on any atom is -0.354 e. The van der Waals surface area contributed by atoms with Gasteiger partial charge in [-0.1, -0.05) is 0 Å². The van der Waals surface area contributed by atoms with Gasteiger partial charge in [-0.2, -0.15) is 0 Å². The second kappa shape index (κ2) is 4.64. The average Bonchev–Trinajstić information content (AvgIpc) is 2.65. The van der Waals surface area contributed by atoms with Crippen LogP contribution in [0.1, 0.15) is 21.6 Å². The Bertz CT molecular complexity index is 602. The Morgan fingerprint density at radius 1 is 1.28 bits per heavy atom. The molecule has 0 radical (unpaired) electrons. The molecule has 18 heavy (non-hydrogen) atoms. The first-order chi connectivity index (χ1) is 8.49. The minimum atomic E-state index is -0.274. The number of aromatic nitrogens is 1. The first-order valence-electron chi connectivity index (χ1n) is 5.68. The van der Waals surface area contributed by atoms with Gasteiger partial charge in [0.05, 0.1) is 5.56 Å². The van der Waals surface area contributed by atoms with Crippen LogP contribution in [0.5, 0.6) is 0 Å². The van der Waals surface area contributed by atoms with Crippen LogP contribution >= 0.6 is 0 Å². The number of carbonyl (C=O) groups is 1. The molecule has 0 bridgehead atoms. The van der Waals surface area contributed by atoms with Crippen LogP contribution in [0.4, 0.5) is 10.1 Å². The van der Waals surface area contributed by atoms with Gasteiger partial charge in [0.15, 0.2) is 0 Å². The third-order valence-electron chi connectivity index (χ3n) is 3.04. The second-order valence-electron chi connectivity index (χ2n) is 4.34. The lowest BCUT2D eigenvalue weighted by atomic mass is 10.2. The maximum absolute atomic E-state index is 13.1. The number of nitrogens with one attached hydrogen (secondary N) is 1. The Kier molecular flexibility index (Phi) is 3.19. The van der Waals surface area contributed by atoms with E-state index < -0.39 is 0 Å². The lowest BCUT2D eigenvalue weighted by Gasteiger charge is -2.07. The fourth-order valence-corrected chi connectivity index (χ4v) is 1.77. The molecule has 0 fully saturated rings. The molecule has 0 aliphatic heterocycles. The van der Waals surface area contributed by atoms with Crippen molar-refractivity contribution in [2.75, 3.05) is 5.32 Å². The second-order valence-corrected chi connectivity index (χ2v) is 4.34. The Balaban J connectivity index is 2.21. The van der Waals surface area contributed by atoms with Crippen molar-refractivity contribution in [2.45, 2.75) is 13.8 Å². The monoisotopic (exact) mass is 246 g/mol. The number of rotatable bonds is 2. The molecule has 94 valence electrons. The molecule has 1 N–H and O–H groups in total. The van der Waals surface area contributed by atoms with Gasteiger partial charge in [0, 0.05) is 24.6 Å². The number of hydrogen-bond acceptors (Lipinski definition) is 1. The summed E-state index contributed by atoms with van der Waals surface area (Å²) in [6, 6.07) is 6.29. The van der Waals surface area contributed by atoms with Crippen LogP contribution in [0, 0.1) is 19.7 Å². The number of aryl methyl sites for hydroxylation is 2. The highest BCUT2D eigenvalue weighted by molar-refractivity contribution is 6.05. The summed E-state index contributed by atoms with van der Waals surface area (Å²) >= 11 is 0. The largest absolute Gasteiger partial charge is 0.354 e. The minimum absolute atomic E-state index is 0.181. The maximum atomic E-state index is 13.1. The van der Waals surface area contributed by atoms with Crippen LogP contribution in [0.2, 0.25) is 0 Å². The summed E-state index contributed by atoms with van der Waals surface area (Å²) in [7, 11) is 1.88. The van der Waals surface area contributed by atoms with Gasteiger partial charge in [0.25, 0.3) is 5.91 Å². The predicted molar refractivity (Wildman–Crippen MR) is 69.2 cm³/mol. The standard InChI is InChI=1S/C14H15FN2O/c1-9-8-11(4-5-13(9)15)16-14(18)12-6-7-17(3)10(12)2/h4-8H,1-3H3,(H,16,18). The van der Waals surface area contributed by atoms with Gasteiger partial charge in [-0.15, -0.1) is 0 Å². The van der Waals surface area contributed by atoms with E-state index in [1.54, 1.807) is 25.1 Å². The number of halogens is 1. The molecule has 0 aliphatic rings. The number of anilines is 1. The van der Waals surface area contributed by atoms with Crippen LogP contribution < -0.4 is 5.32 Å². The molecule has 1 aromatic heterocycles. The summed E-state index contributed by atoms with van der Waals surface area (Å²) in [4.78, 5) is 12.0. The van der Waals surface area contributed by atoms with Crippen molar-refractivity contribution in [3.63, 3.8) is 0 Å². The van der Waals surface area contributed by atoms with Crippen LogP contribution in [-0.2, 0) is 7.05 Å². The van der Waals surface area contributed by atoms with Crippen LogP contribution in [0.15, 0.2) is 30.5 Å². The number of amides is 1. The van der Waals surface area contributed by atoms with Gasteiger partial charge in [0.1, 0.15) is 5.82 Å². The molecular formula is C14H15FN2O. The third kappa shape index (κ3) is 2.27. The summed E-state index contributed by atoms with van der Waals surface area (Å²) in [5.74, 6) is -0.456. The van der Waals surface area contributed by atoms with Crippen LogP contribution in [-0.4, -0.2) is 10.5 Å². The van der Waals surface area contributed by atoms with E-state index in [0.717, 1.165) is 5.69 Å². The highest BCUT2D eigenvalue weighted by Gasteiger charge is 2.12. The Labute approximate surface area is 105 Å². The van der Waals surface area contributed by atoms with Crippen molar-refractivity contribution >= 4 is 11.6 Å². The fraction of sp³-hybridized carbons (Fsp3) is 0.214. The quantitative estimate of drug-likeness (QED) is 0.868. The van der Waals surface area contributed by atoms with E-state index in [9.17, 15) is 9.18 Å². The van der Waals surface area contributed by atoms with Gasteiger partial charge in [-0.25, -0.2) is 4.39 Å². The van der Waals surface area contributed by atoms with Crippen LogP contribution in [0.25, 0.3) is 0 Å². The molecule has 4 heteroatoms. The topological polar surface area (TPSA) is 34.0 Å². The summed E-state index contributed by atoms with van der Waals surface area (Å²) in [5.41, 5.74) is 2.63. The highest BCUT2D eigenvalue weighted by atomic mass is 19.1. The van der Waals surface area contributed by atoms with Gasteiger partial charge in [0.2, 0.25) is 0 Å². The zero-order valence-electron chi connectivity index (χ0n) is 10.6. The molecule has 1 heterocycles. The van der Waals surface area contributed by atoms with E-state index in [1.807, 2.05) is 24.7 Å². The normalized spacial score (nSPS) is 10.4. The van der Waals surface area contributed by atoms with Crippen molar-refractivity contribution in [3.05, 3.63) is 53.1 Å². The highest BCUT2D eigenvalue weighted by Crippen LogP contribution is 2.16. The van der Waals surface area contributed by atoms with Crippen molar-refractivity contribution < 1.29 is 9.18 Å². The summed E-state index contributed by atoms with van der Waals surface area (Å²) in [5, 5.41) is 2.76. The number of hydrogen-bond donors (Lipinski definition) is 1. The predicted octanol–water partition coefficient (Wildman–Crippen LogP) is 3.03. The van der Waals surface area contributed by atoms with E-state index in [-0.39, 0.29) is 11.7 Å². The first kappa shape index (κ1) is 12.4. The van der Waals surface area contributed by atoms with Gasteiger partial charge < -0.3 is 9.88 Å². The zero-order valence-corrected chi connectivity index (χ0v) is 10.6. The molecule has 2 aromatic rings. The first-order valence-corrected chi connectivity index (χ1v) is 5.68. The Morgan fingerprint density at radius 2 is 2.00 bits per heavy atom. The van der Waals surface area contributed by atoms with Crippen molar-refractivity contribution in [1.82, 2.24) is 4.57 Å². The molecule has 0 aliphatic carbocycles. The van der Waals surface area contributed by atoms with E-state index in [2.05, 4.69) is 5.32 Å². The van der Waals surface area contributed by atoms with Crippen LogP contribution in [0.3, 0.4) is 0 Å². The molecule has 2 rings (SSSR count). The van der Waals surface area contributed by atoms with E-state index in [4.69, 9.17) is 0 Å². The number of nitrogens with zero attached hydrogens (tertiary/aromatic N) is 1. The summed E-state index contributed by atoms with van der Waals surface area (Å²) < 4.78 is 15.0. The summed E-state index contributed by atoms with van der Waals surface area (Å²) in [6.07, 6.45) is 1.83. The summed E-state index contributed by atoms with van der Waals surface area (Å²) in [6.45, 7) is 3.55. The molecule has 1 aromatic carbocycles. The van der Waals surface area contributed by atoms with Crippen molar-refractivity contribution in [3.8, 4) is 0 Å². The SMILES string of the molecule is Cc1cc(NC(=O)c2ccn(C)c2C)ccc1F. The van der Waals surface area contributed by atoms with E-state index >= 15 is 0 Å². The molecule has 0 unspecified atom stereocenters. The lowest BCUT2D eigenvalue weighted by molar-refractivity contribution is 0.102. The molecule has 0 saturated carbocycles. The smallest absolute Gasteiger partial charge is 0.257 e. The molecule has 0 saturated heterocycles. The molecule has 0 atom stereocenters. The van der Waals surface area contributed by atoms with Crippen molar-refractivity contribution in [2.24, 2.45) is 7.05 Å². The van der Waals surface area contributed by atoms with E-state index in [1.165, 1.54) is 6.07 Å². The fourth-order valence-electron chi connectivity index (χ4n) is 1.77. The zero-order chi connectivity index (χ0) is 13.3. The molecule has 1 amide bonds. The molecule has 0 spiro atoms. The maximum Gasteiger partial charge on any atom is 0.257 e. The van der Waals surface area contributed by atoms with Gasteiger partial charge in [-0.3, -0.25) is 4.79 Å². The Morgan fingerprint density at radius 3 is 2.56 bits per heavy atom. The van der Waals surface area contributed by atoms with Gasteiger partial charge >= 0.3 is 0 Å². The Hall–Kier alpha value is -2.10. The number of carbonyl (C=O) groups excluding carboxylic acids is 1. The van der Waals surface area contributed by atoms with Gasteiger partial charge in [-0.05, 0) is 43.7 Å². The number of benzene rings is 1. The lowest BCUT2D eigenvalue weighted by Crippen LogP contribution is -2.13. The third-order valence-corrected chi connectivity index (χ3v) is 3.04. The molecule has 3 nitrogen and oxygen atoms in total. The van der Waals surface area contributed by atoms with E-state index in [0.29, 0.717) is 16.8 Å².